The summed E-state index contributed by atoms with van der Waals surface area (Å²) in [7, 11) is 0. The van der Waals surface area contributed by atoms with Crippen LogP contribution in [0.15, 0.2) is 35.6 Å². The van der Waals surface area contributed by atoms with Gasteiger partial charge in [-0.25, -0.2) is 4.39 Å². The quantitative estimate of drug-likeness (QED) is 0.861. The van der Waals surface area contributed by atoms with E-state index in [1.165, 1.54) is 12.1 Å². The summed E-state index contributed by atoms with van der Waals surface area (Å²) in [5, 5.41) is 14.6. The molecule has 122 valence electrons. The van der Waals surface area contributed by atoms with Gasteiger partial charge in [0.25, 0.3) is 0 Å². The van der Waals surface area contributed by atoms with Gasteiger partial charge in [-0.1, -0.05) is 19.0 Å². The maximum Gasteiger partial charge on any atom is 0.145 e. The van der Waals surface area contributed by atoms with E-state index < -0.39 is 0 Å². The summed E-state index contributed by atoms with van der Waals surface area (Å²) in [5.41, 5.74) is 3.99. The molecule has 0 spiro atoms. The Bertz CT molecular complexity index is 678. The summed E-state index contributed by atoms with van der Waals surface area (Å²) in [6.45, 7) is 5.64. The average Bonchev–Trinajstić information content (AvgIpc) is 3.18. The molecule has 0 saturated carbocycles. The zero-order valence-electron chi connectivity index (χ0n) is 13.3. The molecule has 1 atom stereocenters. The first-order valence-electron chi connectivity index (χ1n) is 7.85. The highest BCUT2D eigenvalue weighted by molar-refractivity contribution is 5.87. The van der Waals surface area contributed by atoms with Crippen molar-refractivity contribution in [1.29, 1.82) is 0 Å². The van der Waals surface area contributed by atoms with E-state index in [9.17, 15) is 4.39 Å². The lowest BCUT2D eigenvalue weighted by atomic mass is 10.0. The van der Waals surface area contributed by atoms with E-state index in [4.69, 9.17) is 4.84 Å². The van der Waals surface area contributed by atoms with Crippen molar-refractivity contribution >= 4 is 5.71 Å². The van der Waals surface area contributed by atoms with Crippen molar-refractivity contribution in [3.63, 3.8) is 0 Å². The fourth-order valence-corrected chi connectivity index (χ4v) is 2.58. The van der Waals surface area contributed by atoms with Crippen LogP contribution in [0.4, 0.5) is 4.39 Å². The Kier molecular flexibility index (Phi) is 4.71. The minimum absolute atomic E-state index is 0.0913. The van der Waals surface area contributed by atoms with Crippen LogP contribution in [0.5, 0.6) is 0 Å². The van der Waals surface area contributed by atoms with Crippen molar-refractivity contribution < 1.29 is 9.23 Å². The third-order valence-electron chi connectivity index (χ3n) is 3.96. The van der Waals surface area contributed by atoms with E-state index >= 15 is 0 Å². The Morgan fingerprint density at radius 1 is 1.35 bits per heavy atom. The minimum atomic E-state index is -0.243. The van der Waals surface area contributed by atoms with Crippen LogP contribution in [0, 0.1) is 11.7 Å². The molecule has 0 aliphatic carbocycles. The van der Waals surface area contributed by atoms with Crippen molar-refractivity contribution in [1.82, 2.24) is 15.5 Å². The standard InChI is InChI=1S/C17H21FN4O/c1-11(2)16-7-15(23-22-16)10-19-8-13-9-20-21-17(13)12-3-5-14(18)6-4-12/h3-6,9,11,15,19H,7-8,10H2,1-2H3,(H,20,21). The number of oxime groups is 1. The van der Waals surface area contributed by atoms with Gasteiger partial charge in [0.1, 0.15) is 11.9 Å². The number of aromatic nitrogens is 2. The van der Waals surface area contributed by atoms with Crippen LogP contribution in [-0.4, -0.2) is 28.6 Å². The van der Waals surface area contributed by atoms with Gasteiger partial charge in [0.15, 0.2) is 0 Å². The summed E-state index contributed by atoms with van der Waals surface area (Å²) < 4.78 is 13.0. The zero-order chi connectivity index (χ0) is 16.2. The predicted octanol–water partition coefficient (Wildman–Crippen LogP) is 3.11. The molecule has 1 aromatic carbocycles. The third kappa shape index (κ3) is 3.76. The van der Waals surface area contributed by atoms with Crippen LogP contribution in [-0.2, 0) is 11.4 Å². The number of hydrogen-bond acceptors (Lipinski definition) is 4. The molecule has 0 bridgehead atoms. The number of nitrogens with zero attached hydrogens (tertiary/aromatic N) is 2. The number of benzene rings is 1. The highest BCUT2D eigenvalue weighted by Gasteiger charge is 2.22. The Labute approximate surface area is 134 Å². The molecule has 0 radical (unpaired) electrons. The third-order valence-corrected chi connectivity index (χ3v) is 3.96. The fraction of sp³-hybridized carbons (Fsp3) is 0.412. The van der Waals surface area contributed by atoms with E-state index in [1.54, 1.807) is 18.3 Å². The summed E-state index contributed by atoms with van der Waals surface area (Å²) in [5.74, 6) is 0.186. The number of hydrogen-bond donors (Lipinski definition) is 2. The molecule has 1 aliphatic rings. The van der Waals surface area contributed by atoms with Crippen molar-refractivity contribution in [2.75, 3.05) is 6.54 Å². The summed E-state index contributed by atoms with van der Waals surface area (Å²) in [4.78, 5) is 5.43. The molecule has 5 nitrogen and oxygen atoms in total. The predicted molar refractivity (Wildman–Crippen MR) is 87.5 cm³/mol. The molecular formula is C17H21FN4O. The van der Waals surface area contributed by atoms with Gasteiger partial charge in [-0.3, -0.25) is 5.10 Å². The van der Waals surface area contributed by atoms with Crippen LogP contribution in [0.3, 0.4) is 0 Å². The van der Waals surface area contributed by atoms with Crippen molar-refractivity contribution in [2.45, 2.75) is 32.9 Å². The van der Waals surface area contributed by atoms with Crippen LogP contribution < -0.4 is 5.32 Å². The molecule has 1 aliphatic heterocycles. The first-order valence-corrected chi connectivity index (χ1v) is 7.85. The van der Waals surface area contributed by atoms with E-state index in [0.29, 0.717) is 12.5 Å². The number of aromatic amines is 1. The van der Waals surface area contributed by atoms with Crippen LogP contribution in [0.1, 0.15) is 25.8 Å². The zero-order valence-corrected chi connectivity index (χ0v) is 13.3. The first-order chi connectivity index (χ1) is 11.1. The van der Waals surface area contributed by atoms with Gasteiger partial charge in [0, 0.05) is 30.6 Å². The SMILES string of the molecule is CC(C)C1=NOC(CNCc2cn[nH]c2-c2ccc(F)cc2)C1. The van der Waals surface area contributed by atoms with E-state index in [2.05, 4.69) is 34.5 Å². The Hall–Kier alpha value is -2.21. The average molecular weight is 316 g/mol. The Balaban J connectivity index is 1.54. The fourth-order valence-electron chi connectivity index (χ4n) is 2.58. The minimum Gasteiger partial charge on any atom is -0.391 e. The molecule has 2 heterocycles. The number of halogens is 1. The first kappa shape index (κ1) is 15.7. The Morgan fingerprint density at radius 3 is 2.83 bits per heavy atom. The van der Waals surface area contributed by atoms with Crippen molar-refractivity contribution in [3.8, 4) is 11.3 Å². The molecule has 2 N–H and O–H groups in total. The van der Waals surface area contributed by atoms with E-state index in [-0.39, 0.29) is 11.9 Å². The second-order valence-corrected chi connectivity index (χ2v) is 6.08. The molecule has 1 aromatic heterocycles. The topological polar surface area (TPSA) is 62.3 Å². The van der Waals surface area contributed by atoms with Gasteiger partial charge in [0.2, 0.25) is 0 Å². The van der Waals surface area contributed by atoms with Gasteiger partial charge in [-0.15, -0.1) is 0 Å². The maximum atomic E-state index is 13.0. The summed E-state index contributed by atoms with van der Waals surface area (Å²) >= 11 is 0. The molecule has 0 amide bonds. The van der Waals surface area contributed by atoms with Gasteiger partial charge in [-0.2, -0.15) is 5.10 Å². The van der Waals surface area contributed by atoms with Crippen LogP contribution >= 0.6 is 0 Å². The van der Waals surface area contributed by atoms with Gasteiger partial charge >= 0.3 is 0 Å². The second kappa shape index (κ2) is 6.91. The van der Waals surface area contributed by atoms with Crippen LogP contribution in [0.25, 0.3) is 11.3 Å². The molecule has 0 fully saturated rings. The normalized spacial score (nSPS) is 17.4. The number of H-pyrrole nitrogens is 1. The van der Waals surface area contributed by atoms with E-state index in [1.807, 2.05) is 0 Å². The lowest BCUT2D eigenvalue weighted by molar-refractivity contribution is 0.0848. The number of nitrogens with one attached hydrogen (secondary N) is 2. The van der Waals surface area contributed by atoms with Gasteiger partial charge in [-0.05, 0) is 30.2 Å². The molecule has 23 heavy (non-hydrogen) atoms. The van der Waals surface area contributed by atoms with Gasteiger partial charge in [0.05, 0.1) is 17.6 Å². The largest absolute Gasteiger partial charge is 0.391 e. The summed E-state index contributed by atoms with van der Waals surface area (Å²) in [6, 6.07) is 6.39. The monoisotopic (exact) mass is 316 g/mol. The highest BCUT2D eigenvalue weighted by Crippen LogP contribution is 2.21. The molecule has 6 heteroatoms. The van der Waals surface area contributed by atoms with E-state index in [0.717, 1.165) is 35.5 Å². The van der Waals surface area contributed by atoms with Crippen molar-refractivity contribution in [2.24, 2.45) is 11.1 Å². The molecule has 0 saturated heterocycles. The maximum absolute atomic E-state index is 13.0. The lowest BCUT2D eigenvalue weighted by Crippen LogP contribution is -2.27. The molecule has 1 unspecified atom stereocenters. The molecule has 2 aromatic rings. The molecular weight excluding hydrogens is 295 g/mol. The summed E-state index contributed by atoms with van der Waals surface area (Å²) in [6.07, 6.45) is 2.76. The van der Waals surface area contributed by atoms with Crippen molar-refractivity contribution in [3.05, 3.63) is 41.8 Å². The van der Waals surface area contributed by atoms with Gasteiger partial charge < -0.3 is 10.2 Å². The smallest absolute Gasteiger partial charge is 0.145 e. The lowest BCUT2D eigenvalue weighted by Gasteiger charge is -2.10. The Morgan fingerprint density at radius 2 is 2.13 bits per heavy atom. The number of rotatable bonds is 6. The highest BCUT2D eigenvalue weighted by atomic mass is 19.1. The molecule has 3 rings (SSSR count). The second-order valence-electron chi connectivity index (χ2n) is 6.08. The van der Waals surface area contributed by atoms with Crippen LogP contribution in [0.2, 0.25) is 0 Å².